The lowest BCUT2D eigenvalue weighted by molar-refractivity contribution is -0.384. The molecule has 7 nitrogen and oxygen atoms in total. The van der Waals surface area contributed by atoms with Crippen molar-refractivity contribution in [3.05, 3.63) is 139 Å². The summed E-state index contributed by atoms with van der Waals surface area (Å²) in [5.41, 5.74) is 1.51. The summed E-state index contributed by atoms with van der Waals surface area (Å²) in [5.74, 6) is -0.772. The van der Waals surface area contributed by atoms with Crippen LogP contribution in [0.1, 0.15) is 43.4 Å². The first-order chi connectivity index (χ1) is 18.7. The molecule has 1 atom stereocenters. The summed E-state index contributed by atoms with van der Waals surface area (Å²) in [4.78, 5) is 39.8. The third-order valence-electron chi connectivity index (χ3n) is 7.27. The van der Waals surface area contributed by atoms with E-state index >= 15 is 0 Å². The predicted octanol–water partition coefficient (Wildman–Crippen LogP) is 7.24. The molecule has 192 valence electrons. The van der Waals surface area contributed by atoms with Crippen molar-refractivity contribution >= 4 is 51.9 Å². The molecule has 0 saturated heterocycles. The minimum Gasteiger partial charge on any atom is -0.292 e. The third-order valence-corrected chi connectivity index (χ3v) is 7.82. The first-order valence-corrected chi connectivity index (χ1v) is 12.8. The van der Waals surface area contributed by atoms with E-state index in [9.17, 15) is 19.7 Å². The van der Waals surface area contributed by atoms with Gasteiger partial charge < -0.3 is 0 Å². The molecule has 0 amide bonds. The largest absolute Gasteiger partial charge is 0.292 e. The quantitative estimate of drug-likeness (QED) is 0.150. The van der Waals surface area contributed by atoms with Gasteiger partial charge in [0.15, 0.2) is 17.0 Å². The maximum atomic E-state index is 14.5. The molecule has 1 heterocycles. The van der Waals surface area contributed by atoms with E-state index in [1.54, 1.807) is 59.6 Å². The molecule has 2 aliphatic rings. The van der Waals surface area contributed by atoms with Crippen LogP contribution in [-0.4, -0.2) is 22.2 Å². The highest BCUT2D eigenvalue weighted by atomic mass is 35.5. The van der Waals surface area contributed by atoms with Crippen LogP contribution in [0.15, 0.2) is 96.1 Å². The van der Waals surface area contributed by atoms with Crippen LogP contribution in [0.5, 0.6) is 0 Å². The number of non-ortho nitro benzene ring substituents is 1. The van der Waals surface area contributed by atoms with Crippen LogP contribution in [0.3, 0.4) is 0 Å². The lowest BCUT2D eigenvalue weighted by Crippen LogP contribution is -2.47. The maximum Gasteiger partial charge on any atom is 0.269 e. The van der Waals surface area contributed by atoms with Crippen LogP contribution in [0.25, 0.3) is 0 Å². The molecule has 6 rings (SSSR count). The molecule has 1 unspecified atom stereocenters. The van der Waals surface area contributed by atoms with Crippen LogP contribution in [-0.2, 0) is 0 Å². The second kappa shape index (κ2) is 9.15. The number of aryl methyl sites for hydroxylation is 1. The number of benzene rings is 4. The minimum atomic E-state index is -1.77. The number of Topliss-reactive ketones (excluding diaryl/α,β-unsaturated/α-hetero) is 2. The number of hydrogen-bond donors (Lipinski definition) is 0. The summed E-state index contributed by atoms with van der Waals surface area (Å²) in [6, 6.07) is 24.0. The van der Waals surface area contributed by atoms with Crippen LogP contribution < -0.4 is 5.01 Å². The van der Waals surface area contributed by atoms with Gasteiger partial charge in [-0.25, -0.2) is 0 Å². The van der Waals surface area contributed by atoms with Crippen molar-refractivity contribution in [2.24, 2.45) is 10.5 Å². The van der Waals surface area contributed by atoms with Gasteiger partial charge in [0.25, 0.3) is 5.69 Å². The van der Waals surface area contributed by atoms with E-state index in [-0.39, 0.29) is 28.0 Å². The molecule has 0 N–H and O–H groups in total. The van der Waals surface area contributed by atoms with Crippen molar-refractivity contribution in [3.8, 4) is 0 Å². The first-order valence-electron chi connectivity index (χ1n) is 12.1. The number of carbonyl (C=O) groups is 2. The molecule has 4 aromatic rings. The Morgan fingerprint density at radius 3 is 2.03 bits per heavy atom. The number of halogens is 2. The zero-order chi connectivity index (χ0) is 27.5. The Bertz CT molecular complexity index is 1680. The fraction of sp³-hybridized carbons (Fsp3) is 0.100. The zero-order valence-corrected chi connectivity index (χ0v) is 22.0. The zero-order valence-electron chi connectivity index (χ0n) is 20.5. The Morgan fingerprint density at radius 1 is 0.846 bits per heavy atom. The Balaban J connectivity index is 1.67. The van der Waals surface area contributed by atoms with Crippen molar-refractivity contribution in [3.63, 3.8) is 0 Å². The van der Waals surface area contributed by atoms with E-state index < -0.39 is 16.4 Å². The SMILES string of the molecule is Cc1ccc(C2N(c3ccc([N+](=O)[O-])cc3)N=C(c3ccc(Cl)cc3Cl)C23C(=O)c2ccccc2C3=O)cc1. The summed E-state index contributed by atoms with van der Waals surface area (Å²) < 4.78 is 0. The number of hydrogen-bond acceptors (Lipinski definition) is 6. The third kappa shape index (κ3) is 3.69. The van der Waals surface area contributed by atoms with Crippen LogP contribution in [0.2, 0.25) is 10.0 Å². The van der Waals surface area contributed by atoms with E-state index in [1.807, 2.05) is 31.2 Å². The average molecular weight is 556 g/mol. The highest BCUT2D eigenvalue weighted by Crippen LogP contribution is 2.56. The second-order valence-electron chi connectivity index (χ2n) is 9.52. The standard InChI is InChI=1S/C30H19Cl2N3O4/c1-17-6-8-18(9-7-17)27-30(28(36)22-4-2-3-5-23(22)29(30)37)26(24-15-10-19(31)16-25(24)32)33-34(27)20-11-13-21(14-12-20)35(38)39/h2-16,27H,1H3. The van der Waals surface area contributed by atoms with Gasteiger partial charge >= 0.3 is 0 Å². The van der Waals surface area contributed by atoms with Gasteiger partial charge in [-0.3, -0.25) is 24.7 Å². The van der Waals surface area contributed by atoms with Crippen molar-refractivity contribution < 1.29 is 14.5 Å². The second-order valence-corrected chi connectivity index (χ2v) is 10.4. The molecule has 0 radical (unpaired) electrons. The number of carbonyl (C=O) groups excluding carboxylic acids is 2. The van der Waals surface area contributed by atoms with Crippen molar-refractivity contribution in [2.75, 3.05) is 5.01 Å². The van der Waals surface area contributed by atoms with Crippen molar-refractivity contribution in [1.29, 1.82) is 0 Å². The van der Waals surface area contributed by atoms with E-state index in [0.717, 1.165) is 5.56 Å². The van der Waals surface area contributed by atoms with Gasteiger partial charge in [-0.15, -0.1) is 0 Å². The van der Waals surface area contributed by atoms with Crippen molar-refractivity contribution in [1.82, 2.24) is 0 Å². The van der Waals surface area contributed by atoms with Gasteiger partial charge in [0.05, 0.1) is 21.3 Å². The monoisotopic (exact) mass is 555 g/mol. The smallest absolute Gasteiger partial charge is 0.269 e. The highest BCUT2D eigenvalue weighted by Gasteiger charge is 2.66. The Morgan fingerprint density at radius 2 is 1.46 bits per heavy atom. The maximum absolute atomic E-state index is 14.5. The van der Waals surface area contributed by atoms with Crippen molar-refractivity contribution in [2.45, 2.75) is 13.0 Å². The molecule has 1 aliphatic carbocycles. The number of fused-ring (bicyclic) bond motifs is 1. The number of nitro benzene ring substituents is 1. The molecule has 1 aliphatic heterocycles. The van der Waals surface area contributed by atoms with Gasteiger partial charge in [0, 0.05) is 33.8 Å². The summed E-state index contributed by atoms with van der Waals surface area (Å²) in [6.07, 6.45) is 0. The summed E-state index contributed by atoms with van der Waals surface area (Å²) >= 11 is 12.8. The fourth-order valence-electron chi connectivity index (χ4n) is 5.45. The molecular weight excluding hydrogens is 537 g/mol. The number of anilines is 1. The average Bonchev–Trinajstić information content (AvgIpc) is 3.39. The van der Waals surface area contributed by atoms with Crippen LogP contribution in [0.4, 0.5) is 11.4 Å². The van der Waals surface area contributed by atoms with E-state index in [0.29, 0.717) is 33.0 Å². The molecule has 1 spiro atoms. The summed E-state index contributed by atoms with van der Waals surface area (Å²) in [6.45, 7) is 1.94. The number of nitro groups is 1. The Kier molecular flexibility index (Phi) is 5.86. The molecule has 9 heteroatoms. The van der Waals surface area contributed by atoms with Gasteiger partial charge in [-0.2, -0.15) is 5.10 Å². The van der Waals surface area contributed by atoms with Crippen LogP contribution in [0, 0.1) is 22.5 Å². The van der Waals surface area contributed by atoms with E-state index in [4.69, 9.17) is 28.3 Å². The normalized spacial score (nSPS) is 17.5. The molecule has 0 saturated carbocycles. The Hall–Kier alpha value is -4.33. The fourth-order valence-corrected chi connectivity index (χ4v) is 5.95. The highest BCUT2D eigenvalue weighted by molar-refractivity contribution is 6.46. The molecule has 4 aromatic carbocycles. The number of rotatable bonds is 4. The Labute approximate surface area is 233 Å². The molecule has 0 bridgehead atoms. The summed E-state index contributed by atoms with van der Waals surface area (Å²) in [7, 11) is 0. The lowest BCUT2D eigenvalue weighted by Gasteiger charge is -2.34. The molecule has 0 aromatic heterocycles. The van der Waals surface area contributed by atoms with Gasteiger partial charge in [0.2, 0.25) is 0 Å². The topological polar surface area (TPSA) is 92.9 Å². The number of ketones is 2. The predicted molar refractivity (Wildman–Crippen MR) is 150 cm³/mol. The van der Waals surface area contributed by atoms with Crippen LogP contribution >= 0.6 is 23.2 Å². The van der Waals surface area contributed by atoms with E-state index in [1.165, 1.54) is 12.1 Å². The molecule has 39 heavy (non-hydrogen) atoms. The van der Waals surface area contributed by atoms with Gasteiger partial charge in [-0.1, -0.05) is 83.4 Å². The molecular formula is C30H19Cl2N3O4. The van der Waals surface area contributed by atoms with Gasteiger partial charge in [-0.05, 0) is 36.8 Å². The minimum absolute atomic E-state index is 0.0927. The number of nitrogens with zero attached hydrogens (tertiary/aromatic N) is 3. The first kappa shape index (κ1) is 25.0. The number of hydrazone groups is 1. The van der Waals surface area contributed by atoms with E-state index in [2.05, 4.69) is 0 Å². The molecule has 0 fully saturated rings. The lowest BCUT2D eigenvalue weighted by atomic mass is 9.68. The van der Waals surface area contributed by atoms with Gasteiger partial charge in [0.1, 0.15) is 6.04 Å². The summed E-state index contributed by atoms with van der Waals surface area (Å²) in [5, 5.41) is 18.5.